The lowest BCUT2D eigenvalue weighted by Crippen LogP contribution is -2.17. The van der Waals surface area contributed by atoms with Crippen LogP contribution in [0.4, 0.5) is 14.5 Å². The van der Waals surface area contributed by atoms with E-state index in [1.807, 2.05) is 0 Å². The van der Waals surface area contributed by atoms with E-state index in [1.54, 1.807) is 24.4 Å². The maximum atomic E-state index is 13.5. The summed E-state index contributed by atoms with van der Waals surface area (Å²) in [6.07, 6.45) is 2.99. The van der Waals surface area contributed by atoms with Gasteiger partial charge in [-0.25, -0.2) is 23.3 Å². The summed E-state index contributed by atoms with van der Waals surface area (Å²) in [5.41, 5.74) is 5.77. The van der Waals surface area contributed by atoms with E-state index in [2.05, 4.69) is 20.4 Å². The Morgan fingerprint density at radius 2 is 2.12 bits per heavy atom. The van der Waals surface area contributed by atoms with Crippen molar-refractivity contribution in [2.24, 2.45) is 5.73 Å². The Balaban J connectivity index is 1.72. The Hall–Kier alpha value is -4.19. The van der Waals surface area contributed by atoms with Gasteiger partial charge in [-0.3, -0.25) is 9.59 Å². The maximum Gasteiger partial charge on any atom is 0.280 e. The van der Waals surface area contributed by atoms with Crippen LogP contribution in [0.15, 0.2) is 53.5 Å². The number of furan rings is 1. The van der Waals surface area contributed by atoms with Crippen LogP contribution < -0.4 is 11.1 Å². The molecule has 0 aliphatic rings. The number of aromatic nitrogens is 4. The van der Waals surface area contributed by atoms with Crippen LogP contribution in [-0.4, -0.2) is 31.4 Å². The molecule has 0 radical (unpaired) electrons. The second kappa shape index (κ2) is 7.50. The van der Waals surface area contributed by atoms with Gasteiger partial charge in [0.25, 0.3) is 18.2 Å². The van der Waals surface area contributed by atoms with E-state index >= 15 is 0 Å². The van der Waals surface area contributed by atoms with Gasteiger partial charge in [0, 0.05) is 23.3 Å². The van der Waals surface area contributed by atoms with Crippen LogP contribution in [0.25, 0.3) is 27.2 Å². The van der Waals surface area contributed by atoms with E-state index in [4.69, 9.17) is 10.2 Å². The van der Waals surface area contributed by atoms with Crippen molar-refractivity contribution in [2.45, 2.75) is 6.43 Å². The molecular weight excluding hydrogens is 442 g/mol. The highest BCUT2D eigenvalue weighted by molar-refractivity contribution is 7.21. The zero-order valence-corrected chi connectivity index (χ0v) is 16.8. The van der Waals surface area contributed by atoms with Gasteiger partial charge in [-0.15, -0.1) is 11.3 Å². The van der Waals surface area contributed by atoms with Crippen molar-refractivity contribution >= 4 is 44.7 Å². The van der Waals surface area contributed by atoms with Gasteiger partial charge in [-0.05, 0) is 24.3 Å². The number of hydrogen-bond donors (Lipinski definition) is 2. The van der Waals surface area contributed by atoms with E-state index < -0.39 is 23.9 Å². The fraction of sp³-hybridized carbons (Fsp3) is 0.0500. The second-order valence-corrected chi connectivity index (χ2v) is 7.62. The number of nitrogens with two attached hydrogens (primary N) is 1. The molecule has 9 nitrogen and oxygen atoms in total. The molecule has 2 amide bonds. The van der Waals surface area contributed by atoms with Gasteiger partial charge in [0.2, 0.25) is 0 Å². The Labute approximate surface area is 181 Å². The molecule has 0 bridgehead atoms. The van der Waals surface area contributed by atoms with E-state index in [9.17, 15) is 18.4 Å². The molecule has 5 aromatic heterocycles. The first-order valence-electron chi connectivity index (χ1n) is 9.13. The van der Waals surface area contributed by atoms with Crippen molar-refractivity contribution in [1.82, 2.24) is 19.6 Å². The number of fused-ring (bicyclic) bond motifs is 2. The minimum atomic E-state index is -2.85. The number of alkyl halides is 2. The van der Waals surface area contributed by atoms with Crippen LogP contribution in [0.3, 0.4) is 0 Å². The number of carbonyl (C=O) groups is 2. The van der Waals surface area contributed by atoms with E-state index in [1.165, 1.54) is 23.2 Å². The van der Waals surface area contributed by atoms with E-state index in [0.29, 0.717) is 5.65 Å². The Kier molecular flexibility index (Phi) is 4.63. The smallest absolute Gasteiger partial charge is 0.280 e. The number of nitrogens with one attached hydrogen (secondary N) is 1. The first-order valence-corrected chi connectivity index (χ1v) is 9.94. The molecule has 0 saturated heterocycles. The molecule has 0 atom stereocenters. The molecule has 5 aromatic rings. The summed E-state index contributed by atoms with van der Waals surface area (Å²) in [5.74, 6) is -1.18. The lowest BCUT2D eigenvalue weighted by molar-refractivity contribution is 0.100. The second-order valence-electron chi connectivity index (χ2n) is 6.62. The van der Waals surface area contributed by atoms with Gasteiger partial charge in [-0.1, -0.05) is 0 Å². The average Bonchev–Trinajstić information content (AvgIpc) is 3.51. The number of rotatable bonds is 5. The standard InChI is InChI=1S/C20H12F2N6O3S/c21-16(22)11-7-9(12-3-1-6-31-12)13-14(15(17(23)29)32-20(13)26-11)27-19(30)10-8-25-28-5-2-4-24-18(10)28/h1-8,16H,(H2,23,29)(H,27,30). The first kappa shape index (κ1) is 19.8. The number of nitrogens with zero attached hydrogens (tertiary/aromatic N) is 4. The van der Waals surface area contributed by atoms with E-state index in [-0.39, 0.29) is 37.7 Å². The lowest BCUT2D eigenvalue weighted by Gasteiger charge is -2.09. The summed E-state index contributed by atoms with van der Waals surface area (Å²) in [7, 11) is 0. The summed E-state index contributed by atoms with van der Waals surface area (Å²) < 4.78 is 33.7. The molecule has 5 heterocycles. The Morgan fingerprint density at radius 3 is 2.84 bits per heavy atom. The average molecular weight is 454 g/mol. The summed E-state index contributed by atoms with van der Waals surface area (Å²) >= 11 is 0.806. The molecule has 0 aliphatic heterocycles. The topological polar surface area (TPSA) is 128 Å². The summed E-state index contributed by atoms with van der Waals surface area (Å²) in [5, 5.41) is 7.01. The fourth-order valence-corrected chi connectivity index (χ4v) is 4.33. The number of carbonyl (C=O) groups excluding carboxylic acids is 2. The summed E-state index contributed by atoms with van der Waals surface area (Å²) in [4.78, 5) is 33.4. The Bertz CT molecular complexity index is 1490. The molecule has 0 unspecified atom stereocenters. The zero-order valence-electron chi connectivity index (χ0n) is 16.0. The number of hydrogen-bond acceptors (Lipinski definition) is 7. The van der Waals surface area contributed by atoms with Gasteiger partial charge < -0.3 is 15.5 Å². The number of halogens is 2. The van der Waals surface area contributed by atoms with Gasteiger partial charge >= 0.3 is 0 Å². The van der Waals surface area contributed by atoms with Crippen LogP contribution >= 0.6 is 11.3 Å². The summed E-state index contributed by atoms with van der Waals surface area (Å²) in [6.45, 7) is 0. The van der Waals surface area contributed by atoms with Crippen molar-refractivity contribution in [3.05, 3.63) is 65.3 Å². The highest BCUT2D eigenvalue weighted by Gasteiger charge is 2.26. The van der Waals surface area contributed by atoms with Crippen LogP contribution in [-0.2, 0) is 0 Å². The molecule has 0 aliphatic carbocycles. The van der Waals surface area contributed by atoms with Crippen LogP contribution in [0.5, 0.6) is 0 Å². The Morgan fingerprint density at radius 1 is 1.28 bits per heavy atom. The van der Waals surface area contributed by atoms with Crippen molar-refractivity contribution in [2.75, 3.05) is 5.32 Å². The predicted molar refractivity (Wildman–Crippen MR) is 112 cm³/mol. The number of amides is 2. The van der Waals surface area contributed by atoms with Gasteiger partial charge in [0.15, 0.2) is 5.65 Å². The third-order valence-corrected chi connectivity index (χ3v) is 5.78. The van der Waals surface area contributed by atoms with Crippen LogP contribution in [0.2, 0.25) is 0 Å². The van der Waals surface area contributed by atoms with E-state index in [0.717, 1.165) is 17.4 Å². The largest absolute Gasteiger partial charge is 0.464 e. The molecule has 160 valence electrons. The lowest BCUT2D eigenvalue weighted by atomic mass is 10.1. The normalized spacial score (nSPS) is 11.5. The highest BCUT2D eigenvalue weighted by atomic mass is 32.1. The molecule has 0 saturated carbocycles. The SMILES string of the molecule is NC(=O)c1sc2nc(C(F)F)cc(-c3ccco3)c2c1NC(=O)c1cnn2cccnc12. The van der Waals surface area contributed by atoms with Gasteiger partial charge in [0.05, 0.1) is 18.1 Å². The number of thiophene rings is 1. The van der Waals surface area contributed by atoms with Crippen molar-refractivity contribution in [3.8, 4) is 11.3 Å². The molecule has 3 N–H and O–H groups in total. The predicted octanol–water partition coefficient (Wildman–Crippen LogP) is 3.89. The minimum Gasteiger partial charge on any atom is -0.464 e. The number of primary amides is 1. The third-order valence-electron chi connectivity index (χ3n) is 4.68. The number of anilines is 1. The third kappa shape index (κ3) is 3.17. The zero-order chi connectivity index (χ0) is 22.4. The maximum absolute atomic E-state index is 13.5. The van der Waals surface area contributed by atoms with Crippen molar-refractivity contribution in [1.29, 1.82) is 0 Å². The highest BCUT2D eigenvalue weighted by Crippen LogP contribution is 2.42. The van der Waals surface area contributed by atoms with Gasteiger partial charge in [-0.2, -0.15) is 5.10 Å². The minimum absolute atomic E-state index is 0.0375. The summed E-state index contributed by atoms with van der Waals surface area (Å²) in [6, 6.07) is 5.98. The molecule has 0 spiro atoms. The molecule has 5 rings (SSSR count). The first-order chi connectivity index (χ1) is 15.4. The van der Waals surface area contributed by atoms with Crippen molar-refractivity contribution in [3.63, 3.8) is 0 Å². The number of pyridine rings is 1. The molecule has 0 fully saturated rings. The van der Waals surface area contributed by atoms with Gasteiger partial charge in [0.1, 0.15) is 26.7 Å². The fourth-order valence-electron chi connectivity index (χ4n) is 3.32. The van der Waals surface area contributed by atoms with Crippen LogP contribution in [0.1, 0.15) is 32.1 Å². The van der Waals surface area contributed by atoms with Crippen LogP contribution in [0, 0.1) is 0 Å². The molecular formula is C20H12F2N6O3S. The van der Waals surface area contributed by atoms with Crippen molar-refractivity contribution < 1.29 is 22.8 Å². The molecule has 32 heavy (non-hydrogen) atoms. The molecule has 12 heteroatoms. The quantitative estimate of drug-likeness (QED) is 0.415. The molecule has 0 aromatic carbocycles. The monoisotopic (exact) mass is 454 g/mol.